The Morgan fingerprint density at radius 3 is 2.35 bits per heavy atom. The molecule has 202 valence electrons. The number of methoxy groups -OCH3 is 1. The van der Waals surface area contributed by atoms with Crippen molar-refractivity contribution in [1.82, 2.24) is 19.2 Å². The summed E-state index contributed by atoms with van der Waals surface area (Å²) >= 11 is 0. The molecule has 0 aliphatic carbocycles. The van der Waals surface area contributed by atoms with E-state index in [1.54, 1.807) is 11.4 Å². The summed E-state index contributed by atoms with van der Waals surface area (Å²) in [6.45, 7) is 7.66. The maximum atomic E-state index is 11.8. The van der Waals surface area contributed by atoms with Crippen LogP contribution in [-0.4, -0.2) is 92.9 Å². The quantitative estimate of drug-likeness (QED) is 0.464. The highest BCUT2D eigenvalue weighted by molar-refractivity contribution is 7.88. The lowest BCUT2D eigenvalue weighted by Gasteiger charge is -2.33. The molecule has 10 heteroatoms. The van der Waals surface area contributed by atoms with Crippen LogP contribution in [0.15, 0.2) is 36.7 Å². The summed E-state index contributed by atoms with van der Waals surface area (Å²) in [6, 6.07) is 6.35. The summed E-state index contributed by atoms with van der Waals surface area (Å²) in [6.07, 6.45) is 12.1. The first-order valence-corrected chi connectivity index (χ1v) is 14.9. The third kappa shape index (κ3) is 7.73. The molecule has 0 saturated carbocycles. The number of hydrogen-bond donors (Lipinski definition) is 0. The summed E-state index contributed by atoms with van der Waals surface area (Å²) in [5, 5.41) is 0. The highest BCUT2D eigenvalue weighted by Gasteiger charge is 2.25. The molecule has 0 spiro atoms. The number of sulfonamides is 1. The van der Waals surface area contributed by atoms with E-state index in [-0.39, 0.29) is 6.10 Å². The van der Waals surface area contributed by atoms with Crippen LogP contribution in [0.1, 0.15) is 36.5 Å². The van der Waals surface area contributed by atoms with Crippen molar-refractivity contribution < 1.29 is 17.9 Å². The molecule has 37 heavy (non-hydrogen) atoms. The van der Waals surface area contributed by atoms with Gasteiger partial charge in [-0.1, -0.05) is 25.1 Å². The number of piperidine rings is 1. The second-order valence-electron chi connectivity index (χ2n) is 9.72. The molecule has 9 nitrogen and oxygen atoms in total. The van der Waals surface area contributed by atoms with Crippen LogP contribution in [0.3, 0.4) is 0 Å². The number of anilines is 1. The van der Waals surface area contributed by atoms with Gasteiger partial charge in [-0.3, -0.25) is 4.90 Å². The van der Waals surface area contributed by atoms with Crippen molar-refractivity contribution in [2.45, 2.75) is 38.8 Å². The molecular weight excluding hydrogens is 490 g/mol. The molecule has 0 atom stereocenters. The highest BCUT2D eigenvalue weighted by atomic mass is 32.2. The molecule has 2 aromatic rings. The molecular formula is C27H39N5O4S. The standard InChI is InChI=1S/C27H39N5O4S/c1-4-22-19-28-27(29-20-22)31-11-9-25(10-12-31)36-26-8-7-23(18-24(26)6-5-17-35-2)21-30-13-15-32(16-14-30)37(3,33)34/h5-8,18-20,25H,4,9-17,21H2,1-3H3. The maximum Gasteiger partial charge on any atom is 0.225 e. The number of piperazine rings is 1. The van der Waals surface area contributed by atoms with Crippen molar-refractivity contribution >= 4 is 22.0 Å². The fraction of sp³-hybridized carbons (Fsp3) is 0.556. The SMILES string of the molecule is CCc1cnc(N2CCC(Oc3ccc(CN4CCN(S(C)(=O)=O)CC4)cc3C=CCOC)CC2)nc1. The van der Waals surface area contributed by atoms with Gasteiger partial charge >= 0.3 is 0 Å². The van der Waals surface area contributed by atoms with E-state index in [4.69, 9.17) is 9.47 Å². The Labute approximate surface area is 221 Å². The van der Waals surface area contributed by atoms with Crippen molar-refractivity contribution in [1.29, 1.82) is 0 Å². The summed E-state index contributed by atoms with van der Waals surface area (Å²) in [5.41, 5.74) is 3.36. The normalized spacial score (nSPS) is 18.5. The molecule has 3 heterocycles. The van der Waals surface area contributed by atoms with Gasteiger partial charge in [0.1, 0.15) is 11.9 Å². The Morgan fingerprint density at radius 1 is 1.03 bits per heavy atom. The van der Waals surface area contributed by atoms with Gasteiger partial charge in [-0.2, -0.15) is 4.31 Å². The number of aromatic nitrogens is 2. The van der Waals surface area contributed by atoms with E-state index in [0.717, 1.165) is 74.8 Å². The number of ether oxygens (including phenoxy) is 2. The first-order chi connectivity index (χ1) is 17.9. The van der Waals surface area contributed by atoms with Crippen molar-refractivity contribution in [3.63, 3.8) is 0 Å². The average molecular weight is 530 g/mol. The van der Waals surface area contributed by atoms with Crippen molar-refractivity contribution in [2.24, 2.45) is 0 Å². The predicted octanol–water partition coefficient (Wildman–Crippen LogP) is 2.82. The Morgan fingerprint density at radius 2 is 1.73 bits per heavy atom. The maximum absolute atomic E-state index is 11.8. The van der Waals surface area contributed by atoms with Gasteiger partial charge in [-0.05, 0) is 29.7 Å². The number of aryl methyl sites for hydroxylation is 1. The van der Waals surface area contributed by atoms with E-state index in [9.17, 15) is 8.42 Å². The second kappa shape index (κ2) is 12.8. The number of hydrogen-bond acceptors (Lipinski definition) is 8. The van der Waals surface area contributed by atoms with Crippen LogP contribution in [-0.2, 0) is 27.7 Å². The van der Waals surface area contributed by atoms with Crippen LogP contribution in [0, 0.1) is 0 Å². The number of rotatable bonds is 10. The largest absolute Gasteiger partial charge is 0.490 e. The van der Waals surface area contributed by atoms with Crippen molar-refractivity contribution in [3.05, 3.63) is 53.4 Å². The molecule has 0 radical (unpaired) electrons. The number of nitrogens with zero attached hydrogens (tertiary/aromatic N) is 5. The summed E-state index contributed by atoms with van der Waals surface area (Å²) < 4.78 is 36.9. The van der Waals surface area contributed by atoms with E-state index in [1.165, 1.54) is 11.8 Å². The van der Waals surface area contributed by atoms with Gasteiger partial charge in [-0.15, -0.1) is 0 Å². The van der Waals surface area contributed by atoms with Gasteiger partial charge in [-0.25, -0.2) is 18.4 Å². The van der Waals surface area contributed by atoms with Crippen LogP contribution < -0.4 is 9.64 Å². The Balaban J connectivity index is 1.37. The third-order valence-electron chi connectivity index (χ3n) is 6.96. The van der Waals surface area contributed by atoms with Gasteiger partial charge in [0.15, 0.2) is 0 Å². The molecule has 0 amide bonds. The summed E-state index contributed by atoms with van der Waals surface area (Å²) in [7, 11) is -1.44. The monoisotopic (exact) mass is 529 g/mol. The van der Waals surface area contributed by atoms with Crippen LogP contribution in [0.5, 0.6) is 5.75 Å². The predicted molar refractivity (Wildman–Crippen MR) is 146 cm³/mol. The van der Waals surface area contributed by atoms with Gasteiger partial charge in [0.2, 0.25) is 16.0 Å². The van der Waals surface area contributed by atoms with Crippen LogP contribution >= 0.6 is 0 Å². The fourth-order valence-corrected chi connectivity index (χ4v) is 5.56. The Kier molecular flexibility index (Phi) is 9.53. The Hall–Kier alpha value is -2.53. The fourth-order valence-electron chi connectivity index (χ4n) is 4.73. The molecule has 2 aliphatic heterocycles. The van der Waals surface area contributed by atoms with E-state index in [0.29, 0.717) is 19.7 Å². The van der Waals surface area contributed by atoms with E-state index < -0.39 is 10.0 Å². The minimum atomic E-state index is -3.12. The second-order valence-corrected chi connectivity index (χ2v) is 11.7. The summed E-state index contributed by atoms with van der Waals surface area (Å²) in [5.74, 6) is 1.67. The van der Waals surface area contributed by atoms with E-state index in [2.05, 4.69) is 51.0 Å². The minimum Gasteiger partial charge on any atom is -0.490 e. The average Bonchev–Trinajstić information content (AvgIpc) is 2.90. The van der Waals surface area contributed by atoms with Crippen LogP contribution in [0.4, 0.5) is 5.95 Å². The lowest BCUT2D eigenvalue weighted by Crippen LogP contribution is -2.47. The van der Waals surface area contributed by atoms with Crippen molar-refractivity contribution in [3.8, 4) is 5.75 Å². The van der Waals surface area contributed by atoms with E-state index >= 15 is 0 Å². The van der Waals surface area contributed by atoms with E-state index in [1.807, 2.05) is 18.5 Å². The summed E-state index contributed by atoms with van der Waals surface area (Å²) in [4.78, 5) is 13.6. The third-order valence-corrected chi connectivity index (χ3v) is 8.26. The molecule has 0 N–H and O–H groups in total. The molecule has 1 aromatic heterocycles. The van der Waals surface area contributed by atoms with Gasteiger partial charge in [0.05, 0.1) is 12.9 Å². The zero-order valence-electron chi connectivity index (χ0n) is 22.2. The van der Waals surface area contributed by atoms with Crippen LogP contribution in [0.25, 0.3) is 6.08 Å². The Bertz CT molecular complexity index is 1140. The molecule has 0 unspecified atom stereocenters. The first kappa shape index (κ1) is 27.5. The van der Waals surface area contributed by atoms with Gasteiger partial charge in [0, 0.05) is 83.7 Å². The molecule has 2 saturated heterocycles. The zero-order valence-corrected chi connectivity index (χ0v) is 23.0. The zero-order chi connectivity index (χ0) is 26.3. The molecule has 0 bridgehead atoms. The molecule has 2 fully saturated rings. The molecule has 1 aromatic carbocycles. The number of benzene rings is 1. The topological polar surface area (TPSA) is 88.1 Å². The lowest BCUT2D eigenvalue weighted by molar-refractivity contribution is 0.169. The highest BCUT2D eigenvalue weighted by Crippen LogP contribution is 2.27. The minimum absolute atomic E-state index is 0.135. The lowest BCUT2D eigenvalue weighted by atomic mass is 10.1. The van der Waals surface area contributed by atoms with Crippen LogP contribution in [0.2, 0.25) is 0 Å². The van der Waals surface area contributed by atoms with Gasteiger partial charge in [0.25, 0.3) is 0 Å². The van der Waals surface area contributed by atoms with Gasteiger partial charge < -0.3 is 14.4 Å². The molecule has 4 rings (SSSR count). The molecule has 2 aliphatic rings. The smallest absolute Gasteiger partial charge is 0.225 e. The first-order valence-electron chi connectivity index (χ1n) is 13.0. The van der Waals surface area contributed by atoms with Crippen molar-refractivity contribution in [2.75, 3.05) is 64.1 Å².